The SMILES string of the molecule is Cc1ccc2cccc(OCc3c(Cl)ccc(S(=O)(=O)NC4(C(=O)N5CCN(C[C@H](N)CCCCN)CC5)CCCC4)c3Cl)c2n1.O=C(O)C(F)(F)F. The molecule has 0 radical (unpaired) electrons. The Morgan fingerprint density at radius 2 is 1.72 bits per heavy atom. The highest BCUT2D eigenvalue weighted by molar-refractivity contribution is 7.89. The summed E-state index contributed by atoms with van der Waals surface area (Å²) >= 11 is 13.3. The van der Waals surface area contributed by atoms with Crippen molar-refractivity contribution in [2.24, 2.45) is 11.5 Å². The molecule has 2 heterocycles. The van der Waals surface area contributed by atoms with Crippen LogP contribution in [-0.4, -0.2) is 97.2 Å². The standard InChI is InChI=1S/C33H44Cl2N6O4S.C2HF3O2/c1-23-10-11-24-7-6-9-28(31(24)38-23)45-22-26-27(34)12-13-29(30(26)35)46(43,44)39-33(14-3-4-15-33)32(42)41-19-17-40(18-20-41)21-25(37)8-2-5-16-36;3-2(4,5)1(6)7/h6-7,9-13,25,39H,2-5,8,14-22,36-37H2,1H3;(H,6,7)/t25-;/m1./s1. The third-order valence-corrected chi connectivity index (χ3v) is 11.7. The number of piperazine rings is 1. The summed E-state index contributed by atoms with van der Waals surface area (Å²) < 4.78 is 68.5. The molecule has 0 spiro atoms. The molecule has 3 aromatic rings. The van der Waals surface area contributed by atoms with Gasteiger partial charge in [0.15, 0.2) is 0 Å². The van der Waals surface area contributed by atoms with Crippen LogP contribution in [0.2, 0.25) is 10.0 Å². The van der Waals surface area contributed by atoms with E-state index < -0.39 is 27.7 Å². The van der Waals surface area contributed by atoms with Crippen molar-refractivity contribution in [3.63, 3.8) is 0 Å². The molecule has 12 nitrogen and oxygen atoms in total. The fraction of sp³-hybridized carbons (Fsp3) is 0.514. The second-order valence-corrected chi connectivity index (χ2v) is 15.7. The van der Waals surface area contributed by atoms with E-state index in [2.05, 4.69) is 14.6 Å². The predicted octanol–water partition coefficient (Wildman–Crippen LogP) is 5.25. The summed E-state index contributed by atoms with van der Waals surface area (Å²) in [5.41, 5.74) is 12.6. The lowest BCUT2D eigenvalue weighted by Crippen LogP contribution is -2.61. The van der Waals surface area contributed by atoms with Crippen LogP contribution >= 0.6 is 23.2 Å². The molecule has 6 N–H and O–H groups in total. The summed E-state index contributed by atoms with van der Waals surface area (Å²) in [6.07, 6.45) is 0.148. The van der Waals surface area contributed by atoms with Crippen molar-refractivity contribution in [1.29, 1.82) is 0 Å². The molecule has 1 aromatic heterocycles. The lowest BCUT2D eigenvalue weighted by atomic mass is 9.96. The normalized spacial score (nSPS) is 16.9. The lowest BCUT2D eigenvalue weighted by Gasteiger charge is -2.40. The van der Waals surface area contributed by atoms with Crippen LogP contribution in [0.5, 0.6) is 5.75 Å². The number of ether oxygens (including phenoxy) is 1. The number of para-hydroxylation sites is 1. The maximum absolute atomic E-state index is 14.0. The van der Waals surface area contributed by atoms with E-state index in [1.165, 1.54) is 12.1 Å². The molecular weight excluding hydrogens is 760 g/mol. The molecule has 1 amide bonds. The van der Waals surface area contributed by atoms with Gasteiger partial charge < -0.3 is 26.2 Å². The molecule has 0 unspecified atom stereocenters. The summed E-state index contributed by atoms with van der Waals surface area (Å²) in [5.74, 6) is -2.41. The fourth-order valence-electron chi connectivity index (χ4n) is 6.46. The predicted molar refractivity (Wildman–Crippen MR) is 196 cm³/mol. The Balaban J connectivity index is 0.000000815. The van der Waals surface area contributed by atoms with Crippen LogP contribution in [0.25, 0.3) is 10.9 Å². The topological polar surface area (TPSA) is 181 Å². The molecule has 53 heavy (non-hydrogen) atoms. The van der Waals surface area contributed by atoms with E-state index in [-0.39, 0.29) is 33.5 Å². The number of sulfonamides is 1. The Labute approximate surface area is 317 Å². The third-order valence-electron chi connectivity index (χ3n) is 9.25. The molecule has 1 saturated heterocycles. The minimum Gasteiger partial charge on any atom is -0.487 e. The number of pyridine rings is 1. The number of fused-ring (bicyclic) bond motifs is 1. The number of carbonyl (C=O) groups is 2. The first kappa shape index (κ1) is 42.5. The zero-order chi connectivity index (χ0) is 39.0. The number of aromatic nitrogens is 1. The lowest BCUT2D eigenvalue weighted by molar-refractivity contribution is -0.192. The number of aliphatic carboxylic acids is 1. The number of hydrogen-bond acceptors (Lipinski definition) is 9. The molecule has 18 heteroatoms. The van der Waals surface area contributed by atoms with E-state index >= 15 is 0 Å². The number of nitrogens with zero attached hydrogens (tertiary/aromatic N) is 3. The third kappa shape index (κ3) is 11.2. The molecule has 1 atom stereocenters. The van der Waals surface area contributed by atoms with Crippen LogP contribution in [0.1, 0.15) is 56.2 Å². The number of alkyl halides is 3. The van der Waals surface area contributed by atoms with Crippen molar-refractivity contribution in [2.45, 2.75) is 81.1 Å². The van der Waals surface area contributed by atoms with E-state index in [4.69, 9.17) is 49.3 Å². The number of amides is 1. The van der Waals surface area contributed by atoms with Gasteiger partial charge in [0.2, 0.25) is 15.9 Å². The number of carboxylic acids is 1. The summed E-state index contributed by atoms with van der Waals surface area (Å²) in [7, 11) is -4.21. The molecule has 1 saturated carbocycles. The number of unbranched alkanes of at least 4 members (excludes halogenated alkanes) is 1. The first-order valence-corrected chi connectivity index (χ1v) is 19.5. The van der Waals surface area contributed by atoms with E-state index in [1.54, 1.807) is 11.0 Å². The van der Waals surface area contributed by atoms with Crippen LogP contribution in [0.15, 0.2) is 47.4 Å². The number of halogens is 5. The van der Waals surface area contributed by atoms with Crippen LogP contribution in [-0.2, 0) is 26.2 Å². The number of carbonyl (C=O) groups excluding carboxylic acids is 1. The highest BCUT2D eigenvalue weighted by Gasteiger charge is 2.47. The van der Waals surface area contributed by atoms with Crippen molar-refractivity contribution in [3.8, 4) is 5.75 Å². The van der Waals surface area contributed by atoms with E-state index in [0.717, 1.165) is 49.7 Å². The van der Waals surface area contributed by atoms with Crippen molar-refractivity contribution >= 4 is 56.0 Å². The smallest absolute Gasteiger partial charge is 0.487 e. The van der Waals surface area contributed by atoms with Crippen LogP contribution in [0, 0.1) is 6.92 Å². The number of hydrogen-bond donors (Lipinski definition) is 4. The van der Waals surface area contributed by atoms with Crippen LogP contribution in [0.3, 0.4) is 0 Å². The molecule has 2 aromatic carbocycles. The van der Waals surface area contributed by atoms with Gasteiger partial charge in [-0.1, -0.05) is 60.7 Å². The van der Waals surface area contributed by atoms with Gasteiger partial charge in [-0.15, -0.1) is 0 Å². The summed E-state index contributed by atoms with van der Waals surface area (Å²) in [5, 5.41) is 8.27. The largest absolute Gasteiger partial charge is 0.490 e. The van der Waals surface area contributed by atoms with Gasteiger partial charge >= 0.3 is 12.1 Å². The van der Waals surface area contributed by atoms with Crippen LogP contribution in [0.4, 0.5) is 13.2 Å². The zero-order valence-corrected chi connectivity index (χ0v) is 31.6. The van der Waals surface area contributed by atoms with Gasteiger partial charge in [-0.05, 0) is 63.4 Å². The maximum Gasteiger partial charge on any atom is 0.490 e. The number of carboxylic acid groups (broad SMARTS) is 1. The Bertz CT molecular complexity index is 1860. The highest BCUT2D eigenvalue weighted by Crippen LogP contribution is 2.37. The number of nitrogens with one attached hydrogen (secondary N) is 1. The van der Waals surface area contributed by atoms with Gasteiger partial charge in [0.25, 0.3) is 0 Å². The van der Waals surface area contributed by atoms with Gasteiger partial charge in [0.1, 0.15) is 28.3 Å². The summed E-state index contributed by atoms with van der Waals surface area (Å²) in [6.45, 7) is 5.68. The van der Waals surface area contributed by atoms with Gasteiger partial charge in [-0.2, -0.15) is 17.9 Å². The summed E-state index contributed by atoms with van der Waals surface area (Å²) in [4.78, 5) is 31.4. The first-order valence-electron chi connectivity index (χ1n) is 17.2. The fourth-order valence-corrected chi connectivity index (χ4v) is 8.77. The molecule has 1 aliphatic carbocycles. The second kappa shape index (κ2) is 18.4. The minimum atomic E-state index is -5.08. The van der Waals surface area contributed by atoms with Crippen molar-refractivity contribution in [3.05, 3.63) is 63.8 Å². The maximum atomic E-state index is 14.0. The van der Waals surface area contributed by atoms with Gasteiger partial charge in [0, 0.05) is 60.4 Å². The first-order chi connectivity index (χ1) is 25.0. The van der Waals surface area contributed by atoms with E-state index in [1.807, 2.05) is 31.2 Å². The summed E-state index contributed by atoms with van der Waals surface area (Å²) in [6, 6.07) is 12.4. The monoisotopic (exact) mass is 804 g/mol. The average Bonchev–Trinajstić information content (AvgIpc) is 3.57. The molecule has 292 valence electrons. The number of rotatable bonds is 13. The molecular formula is C35H45Cl2F3N6O6S. The van der Waals surface area contributed by atoms with Crippen molar-refractivity contribution < 1.29 is 41.0 Å². The molecule has 2 fully saturated rings. The quantitative estimate of drug-likeness (QED) is 0.167. The van der Waals surface area contributed by atoms with Crippen molar-refractivity contribution in [1.82, 2.24) is 19.5 Å². The molecule has 0 bridgehead atoms. The Morgan fingerprint density at radius 3 is 2.34 bits per heavy atom. The Hall–Kier alpha value is -3.25. The molecule has 5 rings (SSSR count). The molecule has 2 aliphatic rings. The van der Waals surface area contributed by atoms with Crippen molar-refractivity contribution in [2.75, 3.05) is 39.3 Å². The van der Waals surface area contributed by atoms with Crippen LogP contribution < -0.4 is 20.9 Å². The number of nitrogens with two attached hydrogens (primary N) is 2. The van der Waals surface area contributed by atoms with Gasteiger partial charge in [0.05, 0.1) is 5.02 Å². The minimum absolute atomic E-state index is 0.0404. The van der Waals surface area contributed by atoms with E-state index in [0.29, 0.717) is 62.4 Å². The van der Waals surface area contributed by atoms with Gasteiger partial charge in [-0.25, -0.2) is 18.2 Å². The average molecular weight is 806 g/mol. The Kier molecular flexibility index (Phi) is 14.7. The molecule has 1 aliphatic heterocycles. The number of benzene rings is 2. The van der Waals surface area contributed by atoms with E-state index in [9.17, 15) is 26.4 Å². The Morgan fingerprint density at radius 1 is 1.06 bits per heavy atom. The zero-order valence-electron chi connectivity index (χ0n) is 29.3. The second-order valence-electron chi connectivity index (χ2n) is 13.2. The highest BCUT2D eigenvalue weighted by atomic mass is 35.5. The van der Waals surface area contributed by atoms with Gasteiger partial charge in [-0.3, -0.25) is 9.69 Å². The number of aryl methyl sites for hydroxylation is 1.